The van der Waals surface area contributed by atoms with E-state index in [1.54, 1.807) is 6.07 Å². The van der Waals surface area contributed by atoms with Crippen molar-refractivity contribution in [1.82, 2.24) is 19.8 Å². The lowest BCUT2D eigenvalue weighted by molar-refractivity contribution is -0.146. The molecule has 0 bridgehead atoms. The van der Waals surface area contributed by atoms with Gasteiger partial charge in [-0.3, -0.25) is 19.7 Å². The van der Waals surface area contributed by atoms with E-state index in [-0.39, 0.29) is 36.9 Å². The second-order valence-corrected chi connectivity index (χ2v) is 6.83. The number of alkyl halides is 3. The van der Waals surface area contributed by atoms with Crippen LogP contribution in [-0.4, -0.2) is 38.2 Å². The molecule has 1 fully saturated rings. The lowest BCUT2D eigenvalue weighted by Gasteiger charge is -2.29. The van der Waals surface area contributed by atoms with Crippen LogP contribution in [0.1, 0.15) is 34.6 Å². The Balaban J connectivity index is 1.63. The number of carbonyl (C=O) groups excluding carboxylic acids is 3. The predicted molar refractivity (Wildman–Crippen MR) is 89.7 cm³/mol. The zero-order valence-corrected chi connectivity index (χ0v) is 14.7. The molecule has 1 unspecified atom stereocenters. The number of aromatic nitrogens is 2. The molecule has 0 saturated carbocycles. The van der Waals surface area contributed by atoms with Crippen LogP contribution in [0.3, 0.4) is 0 Å². The van der Waals surface area contributed by atoms with Gasteiger partial charge < -0.3 is 9.47 Å². The molecule has 0 radical (unpaired) electrons. The molecule has 7 nitrogen and oxygen atoms in total. The van der Waals surface area contributed by atoms with Crippen LogP contribution in [-0.2, 0) is 29.4 Å². The number of hydrogen-bond donors (Lipinski definition) is 1. The number of nitrogens with one attached hydrogen (secondary N) is 1. The number of piperidine rings is 1. The first-order chi connectivity index (χ1) is 13.1. The zero-order valence-electron chi connectivity index (χ0n) is 14.7. The second-order valence-electron chi connectivity index (χ2n) is 6.83. The second kappa shape index (κ2) is 6.18. The van der Waals surface area contributed by atoms with Crippen LogP contribution in [0.4, 0.5) is 13.2 Å². The van der Waals surface area contributed by atoms with Crippen LogP contribution < -0.4 is 5.32 Å². The Bertz CT molecular complexity index is 1010. The topological polar surface area (TPSA) is 84.3 Å². The minimum Gasteiger partial charge on any atom is -0.330 e. The van der Waals surface area contributed by atoms with Crippen LogP contribution in [0.5, 0.6) is 0 Å². The van der Waals surface area contributed by atoms with Crippen LogP contribution in [0.15, 0.2) is 24.4 Å². The summed E-state index contributed by atoms with van der Waals surface area (Å²) >= 11 is 0. The largest absolute Gasteiger partial charge is 0.449 e. The normalized spacial score (nSPS) is 19.8. The highest BCUT2D eigenvalue weighted by Gasteiger charge is 2.39. The SMILES string of the molecule is Cn1cc(-c2ccc3c(c2)CN(C2CCC(=O)NC2=O)C3=O)nc1C(F)(F)F. The molecule has 28 heavy (non-hydrogen) atoms. The molecule has 2 aromatic rings. The van der Waals surface area contributed by atoms with E-state index in [9.17, 15) is 27.6 Å². The van der Waals surface area contributed by atoms with E-state index in [0.29, 0.717) is 16.7 Å². The van der Waals surface area contributed by atoms with Crippen molar-refractivity contribution in [3.63, 3.8) is 0 Å². The van der Waals surface area contributed by atoms with Crippen molar-refractivity contribution >= 4 is 17.7 Å². The van der Waals surface area contributed by atoms with Gasteiger partial charge in [-0.1, -0.05) is 6.07 Å². The van der Waals surface area contributed by atoms with Crippen LogP contribution in [0.25, 0.3) is 11.3 Å². The molecule has 1 N–H and O–H groups in total. The first-order valence-corrected chi connectivity index (χ1v) is 8.53. The lowest BCUT2D eigenvalue weighted by Crippen LogP contribution is -2.52. The quantitative estimate of drug-likeness (QED) is 0.791. The van der Waals surface area contributed by atoms with E-state index in [2.05, 4.69) is 10.3 Å². The summed E-state index contributed by atoms with van der Waals surface area (Å²) in [6, 6.07) is 3.93. The molecule has 1 aromatic heterocycles. The Labute approximate surface area is 157 Å². The maximum absolute atomic E-state index is 13.0. The highest BCUT2D eigenvalue weighted by molar-refractivity contribution is 6.05. The van der Waals surface area contributed by atoms with E-state index in [1.165, 1.54) is 30.3 Å². The van der Waals surface area contributed by atoms with Gasteiger partial charge in [0.1, 0.15) is 6.04 Å². The average Bonchev–Trinajstić information content (AvgIpc) is 3.15. The molecular formula is C18H15F3N4O3. The minimum atomic E-state index is -4.57. The van der Waals surface area contributed by atoms with E-state index < -0.39 is 23.9 Å². The number of carbonyl (C=O) groups is 3. The number of imide groups is 1. The number of nitrogens with zero attached hydrogens (tertiary/aromatic N) is 3. The average molecular weight is 392 g/mol. The van der Waals surface area contributed by atoms with E-state index in [0.717, 1.165) is 4.57 Å². The minimum absolute atomic E-state index is 0.143. The highest BCUT2D eigenvalue weighted by Crippen LogP contribution is 2.33. The summed E-state index contributed by atoms with van der Waals surface area (Å²) < 4.78 is 39.8. The summed E-state index contributed by atoms with van der Waals surface area (Å²) in [5.74, 6) is -2.24. The standard InChI is InChI=1S/C18H15F3N4O3/c1-24-8-12(22-17(24)18(19,20)21)9-2-3-11-10(6-9)7-25(16(11)28)13-4-5-14(26)23-15(13)27/h2-3,6,8,13H,4-5,7H2,1H3,(H,23,26,27). The lowest BCUT2D eigenvalue weighted by atomic mass is 10.0. The van der Waals surface area contributed by atoms with Gasteiger partial charge in [-0.15, -0.1) is 0 Å². The Morgan fingerprint density at radius 2 is 1.96 bits per heavy atom. The van der Waals surface area contributed by atoms with E-state index in [4.69, 9.17) is 0 Å². The number of benzene rings is 1. The van der Waals surface area contributed by atoms with Crippen molar-refractivity contribution in [2.24, 2.45) is 7.05 Å². The van der Waals surface area contributed by atoms with Gasteiger partial charge in [0.2, 0.25) is 17.6 Å². The molecule has 0 spiro atoms. The van der Waals surface area contributed by atoms with Gasteiger partial charge in [-0.25, -0.2) is 4.98 Å². The van der Waals surface area contributed by atoms with Gasteiger partial charge in [0, 0.05) is 37.3 Å². The molecule has 10 heteroatoms. The Kier molecular flexibility index (Phi) is 4.02. The van der Waals surface area contributed by atoms with Crippen molar-refractivity contribution < 1.29 is 27.6 Å². The molecule has 1 atom stereocenters. The van der Waals surface area contributed by atoms with Crippen molar-refractivity contribution in [3.8, 4) is 11.3 Å². The van der Waals surface area contributed by atoms with E-state index in [1.807, 2.05) is 0 Å². The molecule has 1 aromatic carbocycles. The van der Waals surface area contributed by atoms with Crippen molar-refractivity contribution in [2.75, 3.05) is 0 Å². The van der Waals surface area contributed by atoms with Crippen LogP contribution >= 0.6 is 0 Å². The fourth-order valence-corrected chi connectivity index (χ4v) is 3.60. The van der Waals surface area contributed by atoms with E-state index >= 15 is 0 Å². The number of halogens is 3. The fraction of sp³-hybridized carbons (Fsp3) is 0.333. The molecule has 0 aliphatic carbocycles. The molecule has 3 amide bonds. The van der Waals surface area contributed by atoms with Gasteiger partial charge in [-0.05, 0) is 24.1 Å². The number of amides is 3. The third-order valence-corrected chi connectivity index (χ3v) is 4.95. The van der Waals surface area contributed by atoms with Crippen molar-refractivity contribution in [2.45, 2.75) is 31.6 Å². The summed E-state index contributed by atoms with van der Waals surface area (Å²) in [7, 11) is 1.26. The van der Waals surface area contributed by atoms with Crippen molar-refractivity contribution in [1.29, 1.82) is 0 Å². The number of aryl methyl sites for hydroxylation is 1. The summed E-state index contributed by atoms with van der Waals surface area (Å²) in [6.07, 6.45) is -2.90. The molecule has 146 valence electrons. The molecule has 4 rings (SSSR count). The molecule has 2 aliphatic heterocycles. The maximum Gasteiger partial charge on any atom is 0.449 e. The van der Waals surface area contributed by atoms with Gasteiger partial charge in [0.05, 0.1) is 5.69 Å². The summed E-state index contributed by atoms with van der Waals surface area (Å²) in [5.41, 5.74) is 1.58. The summed E-state index contributed by atoms with van der Waals surface area (Å²) in [5, 5.41) is 2.22. The number of fused-ring (bicyclic) bond motifs is 1. The molecule has 3 heterocycles. The summed E-state index contributed by atoms with van der Waals surface area (Å²) in [4.78, 5) is 41.1. The zero-order chi connectivity index (χ0) is 20.2. The number of imidazole rings is 1. The molecule has 2 aliphatic rings. The maximum atomic E-state index is 13.0. The first kappa shape index (κ1) is 18.2. The summed E-state index contributed by atoms with van der Waals surface area (Å²) in [6.45, 7) is 0.146. The molecular weight excluding hydrogens is 377 g/mol. The Morgan fingerprint density at radius 1 is 1.21 bits per heavy atom. The Hall–Kier alpha value is -3.17. The van der Waals surface area contributed by atoms with Crippen LogP contribution in [0.2, 0.25) is 0 Å². The number of rotatable bonds is 2. The number of hydrogen-bond acceptors (Lipinski definition) is 4. The third kappa shape index (κ3) is 2.94. The monoisotopic (exact) mass is 392 g/mol. The first-order valence-electron chi connectivity index (χ1n) is 8.53. The van der Waals surface area contributed by atoms with Gasteiger partial charge in [-0.2, -0.15) is 13.2 Å². The van der Waals surface area contributed by atoms with Gasteiger partial charge in [0.15, 0.2) is 0 Å². The van der Waals surface area contributed by atoms with Crippen LogP contribution in [0, 0.1) is 0 Å². The fourth-order valence-electron chi connectivity index (χ4n) is 3.60. The van der Waals surface area contributed by atoms with Gasteiger partial charge in [0.25, 0.3) is 5.91 Å². The Morgan fingerprint density at radius 3 is 2.61 bits per heavy atom. The highest BCUT2D eigenvalue weighted by atomic mass is 19.4. The predicted octanol–water partition coefficient (Wildman–Crippen LogP) is 1.87. The van der Waals surface area contributed by atoms with Crippen molar-refractivity contribution in [3.05, 3.63) is 41.3 Å². The molecule has 1 saturated heterocycles. The third-order valence-electron chi connectivity index (χ3n) is 4.95. The van der Waals surface area contributed by atoms with Gasteiger partial charge >= 0.3 is 6.18 Å². The smallest absolute Gasteiger partial charge is 0.330 e.